The first-order valence-corrected chi connectivity index (χ1v) is 11.6. The average molecular weight is 514 g/mol. The molecule has 1 saturated carbocycles. The summed E-state index contributed by atoms with van der Waals surface area (Å²) < 4.78 is 19.1. The van der Waals surface area contributed by atoms with Crippen LogP contribution in [-0.4, -0.2) is 41.9 Å². The van der Waals surface area contributed by atoms with Gasteiger partial charge < -0.3 is 19.1 Å². The fourth-order valence-electron chi connectivity index (χ4n) is 3.93. The van der Waals surface area contributed by atoms with Crippen LogP contribution in [0.15, 0.2) is 46.9 Å². The van der Waals surface area contributed by atoms with Gasteiger partial charge in [0, 0.05) is 30.2 Å². The number of aryl methyl sites for hydroxylation is 1. The highest BCUT2D eigenvalue weighted by Gasteiger charge is 2.30. The Morgan fingerprint density at radius 2 is 1.82 bits per heavy atom. The fourth-order valence-corrected chi connectivity index (χ4v) is 4.50. The number of benzene rings is 2. The molecular weight excluding hydrogens is 486 g/mol. The van der Waals surface area contributed by atoms with Crippen molar-refractivity contribution in [1.29, 1.82) is 0 Å². The maximum Gasteiger partial charge on any atom is 0.272 e. The monoisotopic (exact) mass is 513 g/mol. The van der Waals surface area contributed by atoms with Gasteiger partial charge in [0.1, 0.15) is 22.9 Å². The van der Waals surface area contributed by atoms with Crippen LogP contribution in [0.1, 0.15) is 46.1 Å². The van der Waals surface area contributed by atoms with Crippen LogP contribution in [-0.2, 0) is 20.1 Å². The topological polar surface area (TPSA) is 65.8 Å². The van der Waals surface area contributed by atoms with Gasteiger partial charge in [-0.05, 0) is 53.0 Å². The normalized spacial score (nSPS) is 13.0. The molecule has 1 aliphatic carbocycles. The van der Waals surface area contributed by atoms with Crippen LogP contribution in [0.3, 0.4) is 0 Å². The summed E-state index contributed by atoms with van der Waals surface area (Å²) >= 11 is 3.55. The molecule has 8 heteroatoms. The van der Waals surface area contributed by atoms with Gasteiger partial charge >= 0.3 is 0 Å². The number of nitrogens with zero attached hydrogens (tertiary/aromatic N) is 3. The van der Waals surface area contributed by atoms with Crippen LogP contribution in [0.4, 0.5) is 0 Å². The fraction of sp³-hybridized carbons (Fsp3) is 0.360. The zero-order chi connectivity index (χ0) is 23.5. The number of ether oxygens (including phenoxy) is 3. The predicted molar refractivity (Wildman–Crippen MR) is 129 cm³/mol. The van der Waals surface area contributed by atoms with Crippen molar-refractivity contribution < 1.29 is 19.0 Å². The Balaban J connectivity index is 1.71. The Labute approximate surface area is 202 Å². The van der Waals surface area contributed by atoms with E-state index in [-0.39, 0.29) is 5.91 Å². The Morgan fingerprint density at radius 1 is 1.06 bits per heavy atom. The SMILES string of the molecule is COc1ccc(CN(Cc2cccc(Br)c2OC)C(=O)c2cc(C3CC3)nn2C)c(OC)c1. The van der Waals surface area contributed by atoms with Crippen molar-refractivity contribution in [2.75, 3.05) is 21.3 Å². The molecule has 0 atom stereocenters. The van der Waals surface area contributed by atoms with E-state index in [1.807, 2.05) is 49.5 Å². The highest BCUT2D eigenvalue weighted by Crippen LogP contribution is 2.39. The number of carbonyl (C=O) groups excluding carboxylic acids is 1. The molecule has 0 radical (unpaired) electrons. The molecule has 7 nitrogen and oxygen atoms in total. The third-order valence-electron chi connectivity index (χ3n) is 5.87. The first-order chi connectivity index (χ1) is 15.9. The van der Waals surface area contributed by atoms with Gasteiger partial charge in [0.05, 0.1) is 44.6 Å². The number of carbonyl (C=O) groups is 1. The number of aromatic nitrogens is 2. The lowest BCUT2D eigenvalue weighted by Gasteiger charge is -2.25. The number of hydrogen-bond acceptors (Lipinski definition) is 5. The molecule has 1 fully saturated rings. The second-order valence-corrected chi connectivity index (χ2v) is 8.98. The van der Waals surface area contributed by atoms with Gasteiger partial charge in [0.25, 0.3) is 5.91 Å². The molecule has 1 aliphatic rings. The molecule has 3 aromatic rings. The van der Waals surface area contributed by atoms with Gasteiger partial charge in [-0.25, -0.2) is 0 Å². The van der Waals surface area contributed by atoms with E-state index in [0.29, 0.717) is 41.9 Å². The number of methoxy groups -OCH3 is 3. The van der Waals surface area contributed by atoms with Crippen LogP contribution < -0.4 is 14.2 Å². The minimum absolute atomic E-state index is 0.100. The number of rotatable bonds is 9. The minimum Gasteiger partial charge on any atom is -0.497 e. The molecule has 1 amide bonds. The van der Waals surface area contributed by atoms with E-state index in [1.165, 1.54) is 0 Å². The summed E-state index contributed by atoms with van der Waals surface area (Å²) in [5.74, 6) is 2.44. The van der Waals surface area contributed by atoms with E-state index in [2.05, 4.69) is 21.0 Å². The Kier molecular flexibility index (Phi) is 6.93. The smallest absolute Gasteiger partial charge is 0.272 e. The van der Waals surface area contributed by atoms with Crippen LogP contribution in [0.25, 0.3) is 0 Å². The van der Waals surface area contributed by atoms with Crippen LogP contribution in [0.2, 0.25) is 0 Å². The quantitative estimate of drug-likeness (QED) is 0.405. The van der Waals surface area contributed by atoms with Crippen molar-refractivity contribution in [3.05, 3.63) is 69.5 Å². The molecule has 2 aromatic carbocycles. The zero-order valence-corrected chi connectivity index (χ0v) is 20.9. The van der Waals surface area contributed by atoms with Crippen molar-refractivity contribution in [2.24, 2.45) is 7.05 Å². The minimum atomic E-state index is -0.100. The van der Waals surface area contributed by atoms with Crippen LogP contribution >= 0.6 is 15.9 Å². The molecule has 0 spiro atoms. The van der Waals surface area contributed by atoms with Crippen molar-refractivity contribution in [3.8, 4) is 17.2 Å². The number of hydrogen-bond donors (Lipinski definition) is 0. The first kappa shape index (κ1) is 23.2. The molecule has 0 bridgehead atoms. The van der Waals surface area contributed by atoms with Crippen molar-refractivity contribution in [2.45, 2.75) is 31.8 Å². The number of halogens is 1. The lowest BCUT2D eigenvalue weighted by molar-refractivity contribution is 0.0716. The van der Waals surface area contributed by atoms with Gasteiger partial charge in [-0.2, -0.15) is 5.10 Å². The second kappa shape index (κ2) is 9.87. The summed E-state index contributed by atoms with van der Waals surface area (Å²) in [7, 11) is 6.69. The highest BCUT2D eigenvalue weighted by atomic mass is 79.9. The average Bonchev–Trinajstić information content (AvgIpc) is 3.60. The van der Waals surface area contributed by atoms with E-state index >= 15 is 0 Å². The molecule has 174 valence electrons. The maximum atomic E-state index is 13.8. The molecule has 0 aliphatic heterocycles. The number of amides is 1. The molecule has 4 rings (SSSR count). The summed E-state index contributed by atoms with van der Waals surface area (Å²) in [6.45, 7) is 0.714. The predicted octanol–water partition coefficient (Wildman–Crippen LogP) is 4.93. The van der Waals surface area contributed by atoms with E-state index < -0.39 is 0 Å². The Morgan fingerprint density at radius 3 is 2.48 bits per heavy atom. The Bertz CT molecular complexity index is 1160. The van der Waals surface area contributed by atoms with E-state index in [9.17, 15) is 4.79 Å². The molecule has 33 heavy (non-hydrogen) atoms. The number of para-hydroxylation sites is 1. The third-order valence-corrected chi connectivity index (χ3v) is 6.49. The molecule has 0 N–H and O–H groups in total. The summed E-state index contributed by atoms with van der Waals surface area (Å²) in [5.41, 5.74) is 3.34. The second-order valence-electron chi connectivity index (χ2n) is 8.12. The van der Waals surface area contributed by atoms with Crippen molar-refractivity contribution in [3.63, 3.8) is 0 Å². The van der Waals surface area contributed by atoms with E-state index in [1.54, 1.807) is 30.9 Å². The van der Waals surface area contributed by atoms with Crippen LogP contribution in [0, 0.1) is 0 Å². The summed E-state index contributed by atoms with van der Waals surface area (Å²) in [4.78, 5) is 15.6. The maximum absolute atomic E-state index is 13.8. The third kappa shape index (κ3) is 5.00. The first-order valence-electron chi connectivity index (χ1n) is 10.8. The standard InChI is InChI=1S/C25H28BrN3O4/c1-28-22(13-21(27-28)16-8-9-16)25(30)29(15-18-6-5-7-20(26)24(18)33-4)14-17-10-11-19(31-2)12-23(17)32-3/h5-7,10-13,16H,8-9,14-15H2,1-4H3. The van der Waals surface area contributed by atoms with Gasteiger partial charge in [-0.3, -0.25) is 9.48 Å². The van der Waals surface area contributed by atoms with Crippen LogP contribution in [0.5, 0.6) is 17.2 Å². The van der Waals surface area contributed by atoms with Gasteiger partial charge in [-0.1, -0.05) is 12.1 Å². The summed E-state index contributed by atoms with van der Waals surface area (Å²) in [5, 5.41) is 4.59. The molecule has 0 saturated heterocycles. The zero-order valence-electron chi connectivity index (χ0n) is 19.3. The highest BCUT2D eigenvalue weighted by molar-refractivity contribution is 9.10. The van der Waals surface area contributed by atoms with Gasteiger partial charge in [0.15, 0.2) is 0 Å². The van der Waals surface area contributed by atoms with Gasteiger partial charge in [-0.15, -0.1) is 0 Å². The molecule has 1 heterocycles. The largest absolute Gasteiger partial charge is 0.497 e. The summed E-state index contributed by atoms with van der Waals surface area (Å²) in [6, 6.07) is 13.4. The summed E-state index contributed by atoms with van der Waals surface area (Å²) in [6.07, 6.45) is 2.26. The Hall–Kier alpha value is -3.00. The lowest BCUT2D eigenvalue weighted by atomic mass is 10.1. The lowest BCUT2D eigenvalue weighted by Crippen LogP contribution is -2.32. The molecule has 1 aromatic heterocycles. The van der Waals surface area contributed by atoms with E-state index in [4.69, 9.17) is 14.2 Å². The van der Waals surface area contributed by atoms with Crippen molar-refractivity contribution in [1.82, 2.24) is 14.7 Å². The molecular formula is C25H28BrN3O4. The van der Waals surface area contributed by atoms with E-state index in [0.717, 1.165) is 34.1 Å². The van der Waals surface area contributed by atoms with Crippen molar-refractivity contribution >= 4 is 21.8 Å². The van der Waals surface area contributed by atoms with Gasteiger partial charge in [0.2, 0.25) is 0 Å². The molecule has 0 unspecified atom stereocenters.